The van der Waals surface area contributed by atoms with Crippen LogP contribution in [0, 0.1) is 12.7 Å². The number of aromatic nitrogens is 1. The molecule has 1 amide bonds. The molecule has 1 atom stereocenters. The van der Waals surface area contributed by atoms with E-state index in [1.165, 1.54) is 35.2 Å². The molecule has 0 N–H and O–H groups in total. The average Bonchev–Trinajstić information content (AvgIpc) is 3.41. The first kappa shape index (κ1) is 21.6. The summed E-state index contributed by atoms with van der Waals surface area (Å²) in [4.78, 5) is 20.6. The summed E-state index contributed by atoms with van der Waals surface area (Å²) in [7, 11) is 0. The molecular formula is C22H22ClFN2O2S2. The summed E-state index contributed by atoms with van der Waals surface area (Å²) >= 11 is 9.36. The second kappa shape index (κ2) is 9.64. The lowest BCUT2D eigenvalue weighted by Gasteiger charge is -2.23. The number of rotatable bonds is 7. The van der Waals surface area contributed by atoms with E-state index in [1.54, 1.807) is 17.0 Å². The van der Waals surface area contributed by atoms with Gasteiger partial charge in [0, 0.05) is 23.7 Å². The van der Waals surface area contributed by atoms with Gasteiger partial charge in [-0.15, -0.1) is 11.8 Å². The van der Waals surface area contributed by atoms with E-state index >= 15 is 0 Å². The predicted molar refractivity (Wildman–Crippen MR) is 122 cm³/mol. The zero-order valence-electron chi connectivity index (χ0n) is 16.6. The van der Waals surface area contributed by atoms with Crippen molar-refractivity contribution in [2.45, 2.75) is 37.2 Å². The molecule has 0 aliphatic carbocycles. The van der Waals surface area contributed by atoms with Crippen LogP contribution in [0.15, 0.2) is 41.3 Å². The molecule has 158 valence electrons. The van der Waals surface area contributed by atoms with Crippen molar-refractivity contribution in [1.29, 1.82) is 0 Å². The van der Waals surface area contributed by atoms with Gasteiger partial charge in [-0.05, 0) is 55.7 Å². The summed E-state index contributed by atoms with van der Waals surface area (Å²) in [6.45, 7) is 3.22. The van der Waals surface area contributed by atoms with E-state index in [2.05, 4.69) is 0 Å². The number of halogens is 2. The van der Waals surface area contributed by atoms with Crippen molar-refractivity contribution in [1.82, 2.24) is 4.98 Å². The van der Waals surface area contributed by atoms with Crippen molar-refractivity contribution in [2.24, 2.45) is 0 Å². The first-order chi connectivity index (χ1) is 14.5. The number of amides is 1. The van der Waals surface area contributed by atoms with Crippen molar-refractivity contribution >= 4 is 56.0 Å². The van der Waals surface area contributed by atoms with Crippen LogP contribution in [0.25, 0.3) is 10.2 Å². The molecule has 1 unspecified atom stereocenters. The van der Waals surface area contributed by atoms with E-state index < -0.39 is 0 Å². The maximum absolute atomic E-state index is 13.2. The molecule has 1 fully saturated rings. The van der Waals surface area contributed by atoms with Gasteiger partial charge in [0.1, 0.15) is 5.82 Å². The number of nitrogens with zero attached hydrogens (tertiary/aromatic N) is 2. The maximum Gasteiger partial charge on any atom is 0.229 e. The third-order valence-electron chi connectivity index (χ3n) is 5.03. The molecule has 30 heavy (non-hydrogen) atoms. The average molecular weight is 465 g/mol. The maximum atomic E-state index is 13.2. The van der Waals surface area contributed by atoms with Crippen LogP contribution in [0.5, 0.6) is 0 Å². The topological polar surface area (TPSA) is 42.4 Å². The first-order valence-corrected chi connectivity index (χ1v) is 12.1. The van der Waals surface area contributed by atoms with E-state index in [0.717, 1.165) is 40.1 Å². The van der Waals surface area contributed by atoms with Gasteiger partial charge in [-0.1, -0.05) is 29.0 Å². The SMILES string of the molecule is Cc1ccc(Cl)c2sc(N(CC3CCCO3)C(=O)CCSc3ccc(F)cc3)nc12. The fourth-order valence-electron chi connectivity index (χ4n) is 3.41. The number of aryl methyl sites for hydroxylation is 1. The Kier molecular flexibility index (Phi) is 6.93. The number of hydrogen-bond acceptors (Lipinski definition) is 5. The minimum Gasteiger partial charge on any atom is -0.376 e. The second-order valence-corrected chi connectivity index (χ2v) is 9.78. The molecule has 3 aromatic rings. The van der Waals surface area contributed by atoms with Crippen LogP contribution in [-0.4, -0.2) is 35.9 Å². The summed E-state index contributed by atoms with van der Waals surface area (Å²) in [5, 5.41) is 1.31. The Hall–Kier alpha value is -1.67. The number of thiazole rings is 1. The molecular weight excluding hydrogens is 443 g/mol. The van der Waals surface area contributed by atoms with E-state index in [-0.39, 0.29) is 17.8 Å². The highest BCUT2D eigenvalue weighted by Crippen LogP contribution is 2.36. The lowest BCUT2D eigenvalue weighted by atomic mass is 10.2. The minimum atomic E-state index is -0.261. The number of thioether (sulfide) groups is 1. The number of carbonyl (C=O) groups excluding carboxylic acids is 1. The van der Waals surface area contributed by atoms with Crippen molar-refractivity contribution < 1.29 is 13.9 Å². The normalized spacial score (nSPS) is 16.3. The Morgan fingerprint density at radius 3 is 2.83 bits per heavy atom. The largest absolute Gasteiger partial charge is 0.376 e. The third-order valence-corrected chi connectivity index (χ3v) is 7.58. The van der Waals surface area contributed by atoms with Gasteiger partial charge < -0.3 is 4.74 Å². The monoisotopic (exact) mass is 464 g/mol. The Morgan fingerprint density at radius 1 is 1.33 bits per heavy atom. The zero-order valence-corrected chi connectivity index (χ0v) is 19.0. The highest BCUT2D eigenvalue weighted by molar-refractivity contribution is 7.99. The molecule has 4 nitrogen and oxygen atoms in total. The van der Waals surface area contributed by atoms with Gasteiger partial charge in [-0.25, -0.2) is 9.37 Å². The highest BCUT2D eigenvalue weighted by atomic mass is 35.5. The van der Waals surface area contributed by atoms with Gasteiger partial charge in [0.15, 0.2) is 5.13 Å². The first-order valence-electron chi connectivity index (χ1n) is 9.87. The van der Waals surface area contributed by atoms with E-state index in [0.29, 0.717) is 28.9 Å². The molecule has 4 rings (SSSR count). The van der Waals surface area contributed by atoms with Crippen LogP contribution >= 0.6 is 34.7 Å². The molecule has 0 spiro atoms. The van der Waals surface area contributed by atoms with Gasteiger partial charge in [0.25, 0.3) is 0 Å². The summed E-state index contributed by atoms with van der Waals surface area (Å²) in [6.07, 6.45) is 2.34. The fraction of sp³-hybridized carbons (Fsp3) is 0.364. The van der Waals surface area contributed by atoms with Crippen LogP contribution in [-0.2, 0) is 9.53 Å². The minimum absolute atomic E-state index is 0.00735. The summed E-state index contributed by atoms with van der Waals surface area (Å²) in [5.41, 5.74) is 1.88. The smallest absolute Gasteiger partial charge is 0.229 e. The van der Waals surface area contributed by atoms with Crippen molar-refractivity contribution in [3.05, 3.63) is 52.8 Å². The molecule has 2 aromatic carbocycles. The molecule has 0 saturated carbocycles. The van der Waals surface area contributed by atoms with Gasteiger partial charge in [-0.3, -0.25) is 9.69 Å². The molecule has 0 bridgehead atoms. The van der Waals surface area contributed by atoms with E-state index in [9.17, 15) is 9.18 Å². The fourth-order valence-corrected chi connectivity index (χ4v) is 5.59. The Bertz CT molecular complexity index is 997. The van der Waals surface area contributed by atoms with Gasteiger partial charge in [0.05, 0.1) is 27.9 Å². The molecule has 2 heterocycles. The Balaban J connectivity index is 1.51. The number of fused-ring (bicyclic) bond motifs is 1. The zero-order chi connectivity index (χ0) is 21.1. The van der Waals surface area contributed by atoms with Crippen LogP contribution in [0.4, 0.5) is 9.52 Å². The number of hydrogen-bond donors (Lipinski definition) is 0. The standard InChI is InChI=1S/C22H22ClFN2O2S2/c1-14-4-9-18(23)21-20(14)25-22(30-21)26(13-16-3-2-11-28-16)19(27)10-12-29-17-7-5-15(24)6-8-17/h4-9,16H,2-3,10-13H2,1H3. The Labute approximate surface area is 188 Å². The van der Waals surface area contributed by atoms with Crippen molar-refractivity contribution in [3.63, 3.8) is 0 Å². The molecule has 1 aliphatic rings. The molecule has 1 saturated heterocycles. The van der Waals surface area contributed by atoms with Crippen LogP contribution < -0.4 is 4.90 Å². The van der Waals surface area contributed by atoms with Gasteiger partial charge >= 0.3 is 0 Å². The van der Waals surface area contributed by atoms with Crippen molar-refractivity contribution in [3.8, 4) is 0 Å². The van der Waals surface area contributed by atoms with Crippen LogP contribution in [0.3, 0.4) is 0 Å². The lowest BCUT2D eigenvalue weighted by molar-refractivity contribution is -0.118. The number of carbonyl (C=O) groups is 1. The Morgan fingerprint density at radius 2 is 2.13 bits per heavy atom. The highest BCUT2D eigenvalue weighted by Gasteiger charge is 2.26. The number of ether oxygens (including phenoxy) is 1. The van der Waals surface area contributed by atoms with Gasteiger partial charge in [0.2, 0.25) is 5.91 Å². The van der Waals surface area contributed by atoms with Gasteiger partial charge in [-0.2, -0.15) is 0 Å². The molecule has 1 aliphatic heterocycles. The molecule has 1 aromatic heterocycles. The molecule has 0 radical (unpaired) electrons. The predicted octanol–water partition coefficient (Wildman–Crippen LogP) is 6.09. The molecule has 8 heteroatoms. The quantitative estimate of drug-likeness (QED) is 0.397. The third kappa shape index (κ3) is 4.97. The van der Waals surface area contributed by atoms with Crippen LogP contribution in [0.1, 0.15) is 24.8 Å². The number of benzene rings is 2. The summed E-state index contributed by atoms with van der Waals surface area (Å²) < 4.78 is 19.8. The van der Waals surface area contributed by atoms with E-state index in [1.807, 2.05) is 19.1 Å². The lowest BCUT2D eigenvalue weighted by Crippen LogP contribution is -2.37. The van der Waals surface area contributed by atoms with Crippen molar-refractivity contribution in [2.75, 3.05) is 23.8 Å². The summed E-state index contributed by atoms with van der Waals surface area (Å²) in [6, 6.07) is 10.1. The number of anilines is 1. The summed E-state index contributed by atoms with van der Waals surface area (Å²) in [5.74, 6) is 0.355. The second-order valence-electron chi connectivity index (χ2n) is 7.23. The van der Waals surface area contributed by atoms with E-state index in [4.69, 9.17) is 21.3 Å². The van der Waals surface area contributed by atoms with Crippen LogP contribution in [0.2, 0.25) is 5.02 Å².